The summed E-state index contributed by atoms with van der Waals surface area (Å²) in [4.78, 5) is 22.5. The molecule has 22 heavy (non-hydrogen) atoms. The number of benzene rings is 2. The van der Waals surface area contributed by atoms with E-state index in [1.807, 2.05) is 0 Å². The van der Waals surface area contributed by atoms with Gasteiger partial charge >= 0.3 is 0 Å². The highest BCUT2D eigenvalue weighted by Gasteiger charge is 2.16. The number of fused-ring (bicyclic) bond motifs is 1. The normalized spacial score (nSPS) is 10.6. The van der Waals surface area contributed by atoms with E-state index in [1.54, 1.807) is 31.4 Å². The van der Waals surface area contributed by atoms with Gasteiger partial charge in [-0.25, -0.2) is 0 Å². The van der Waals surface area contributed by atoms with Crippen LogP contribution in [0.1, 0.15) is 16.1 Å². The molecule has 6 nitrogen and oxygen atoms in total. The van der Waals surface area contributed by atoms with Gasteiger partial charge in [0.05, 0.1) is 12.0 Å². The molecule has 0 aliphatic rings. The van der Waals surface area contributed by atoms with Crippen LogP contribution in [0.25, 0.3) is 11.0 Å². The minimum Gasteiger partial charge on any atom is -0.497 e. The molecule has 1 aromatic heterocycles. The number of carbonyl (C=O) groups is 1. The number of furan rings is 1. The molecule has 110 valence electrons. The standard InChI is InChI=1S/C16H11NO5/c1-21-13-6-7-14-11(8-13)9-15(22-14)16(18)10-2-4-12(5-3-10)17(19)20/h2-9H,1H3. The van der Waals surface area contributed by atoms with Gasteiger partial charge in [0.25, 0.3) is 5.69 Å². The fraction of sp³-hybridized carbons (Fsp3) is 0.0625. The zero-order chi connectivity index (χ0) is 15.7. The van der Waals surface area contributed by atoms with E-state index in [-0.39, 0.29) is 17.2 Å². The van der Waals surface area contributed by atoms with Crippen molar-refractivity contribution in [2.45, 2.75) is 0 Å². The van der Waals surface area contributed by atoms with Gasteiger partial charge in [-0.15, -0.1) is 0 Å². The van der Waals surface area contributed by atoms with Gasteiger partial charge in [-0.2, -0.15) is 0 Å². The third-order valence-corrected chi connectivity index (χ3v) is 3.29. The Kier molecular flexibility index (Phi) is 3.34. The average Bonchev–Trinajstić information content (AvgIpc) is 2.97. The van der Waals surface area contributed by atoms with Crippen LogP contribution in [0.4, 0.5) is 5.69 Å². The van der Waals surface area contributed by atoms with E-state index in [2.05, 4.69) is 0 Å². The van der Waals surface area contributed by atoms with Crippen molar-refractivity contribution in [1.82, 2.24) is 0 Å². The highest BCUT2D eigenvalue weighted by Crippen LogP contribution is 2.26. The van der Waals surface area contributed by atoms with Gasteiger partial charge < -0.3 is 9.15 Å². The maximum atomic E-state index is 12.4. The molecule has 0 spiro atoms. The molecule has 1 heterocycles. The smallest absolute Gasteiger partial charge is 0.269 e. The molecule has 3 aromatic rings. The predicted molar refractivity (Wildman–Crippen MR) is 79.3 cm³/mol. The van der Waals surface area contributed by atoms with Crippen LogP contribution in [0.5, 0.6) is 5.75 Å². The maximum Gasteiger partial charge on any atom is 0.269 e. The van der Waals surface area contributed by atoms with Crippen LogP contribution in [-0.2, 0) is 0 Å². The molecule has 0 saturated heterocycles. The minimum absolute atomic E-state index is 0.0640. The van der Waals surface area contributed by atoms with Crippen LogP contribution < -0.4 is 4.74 Å². The summed E-state index contributed by atoms with van der Waals surface area (Å²) in [6, 6.07) is 12.3. The molecule has 0 saturated carbocycles. The van der Waals surface area contributed by atoms with E-state index in [0.29, 0.717) is 16.9 Å². The minimum atomic E-state index is -0.512. The molecule has 0 unspecified atom stereocenters. The van der Waals surface area contributed by atoms with Crippen LogP contribution in [-0.4, -0.2) is 17.8 Å². The number of hydrogen-bond acceptors (Lipinski definition) is 5. The molecular weight excluding hydrogens is 286 g/mol. The lowest BCUT2D eigenvalue weighted by molar-refractivity contribution is -0.384. The molecule has 0 amide bonds. The molecular formula is C16H11NO5. The highest BCUT2D eigenvalue weighted by atomic mass is 16.6. The number of nitro groups is 1. The zero-order valence-electron chi connectivity index (χ0n) is 11.6. The Morgan fingerprint density at radius 1 is 1.14 bits per heavy atom. The number of non-ortho nitro benzene ring substituents is 1. The third kappa shape index (κ3) is 2.42. The molecule has 0 bridgehead atoms. The summed E-state index contributed by atoms with van der Waals surface area (Å²) in [6.45, 7) is 0. The van der Waals surface area contributed by atoms with Gasteiger partial charge in [-0.05, 0) is 36.4 Å². The lowest BCUT2D eigenvalue weighted by atomic mass is 10.1. The molecule has 0 atom stereocenters. The number of ether oxygens (including phenoxy) is 1. The van der Waals surface area contributed by atoms with Gasteiger partial charge in [-0.1, -0.05) is 0 Å². The van der Waals surface area contributed by atoms with Gasteiger partial charge in [0.2, 0.25) is 5.78 Å². The van der Waals surface area contributed by atoms with E-state index in [4.69, 9.17) is 9.15 Å². The molecule has 0 aliphatic heterocycles. The third-order valence-electron chi connectivity index (χ3n) is 3.29. The lowest BCUT2D eigenvalue weighted by Crippen LogP contribution is -1.99. The summed E-state index contributed by atoms with van der Waals surface area (Å²) in [5.41, 5.74) is 0.841. The largest absolute Gasteiger partial charge is 0.497 e. The summed E-state index contributed by atoms with van der Waals surface area (Å²) >= 11 is 0. The first kappa shape index (κ1) is 13.8. The number of nitro benzene ring substituents is 1. The number of ketones is 1. The van der Waals surface area contributed by atoms with Crippen molar-refractivity contribution in [2.75, 3.05) is 7.11 Å². The van der Waals surface area contributed by atoms with E-state index in [0.717, 1.165) is 5.39 Å². The fourth-order valence-electron chi connectivity index (χ4n) is 2.14. The summed E-state index contributed by atoms with van der Waals surface area (Å²) in [7, 11) is 1.56. The number of methoxy groups -OCH3 is 1. The number of rotatable bonds is 4. The maximum absolute atomic E-state index is 12.4. The Bertz CT molecular complexity index is 864. The summed E-state index contributed by atoms with van der Waals surface area (Å²) in [5.74, 6) is 0.518. The summed E-state index contributed by atoms with van der Waals surface area (Å²) < 4.78 is 10.6. The average molecular weight is 297 g/mol. The summed E-state index contributed by atoms with van der Waals surface area (Å²) in [5, 5.41) is 11.4. The van der Waals surface area contributed by atoms with Crippen LogP contribution in [0.15, 0.2) is 52.9 Å². The molecule has 2 aromatic carbocycles. The Labute approximate surface area is 125 Å². The molecule has 6 heteroatoms. The highest BCUT2D eigenvalue weighted by molar-refractivity contribution is 6.09. The van der Waals surface area contributed by atoms with Crippen LogP contribution in [0.3, 0.4) is 0 Å². The van der Waals surface area contributed by atoms with Crippen LogP contribution >= 0.6 is 0 Å². The van der Waals surface area contributed by atoms with Crippen LogP contribution in [0.2, 0.25) is 0 Å². The first-order chi connectivity index (χ1) is 10.6. The van der Waals surface area contributed by atoms with E-state index >= 15 is 0 Å². The van der Waals surface area contributed by atoms with Crippen molar-refractivity contribution < 1.29 is 18.9 Å². The SMILES string of the molecule is COc1ccc2oc(C(=O)c3ccc([N+](=O)[O-])cc3)cc2c1. The van der Waals surface area contributed by atoms with E-state index < -0.39 is 4.92 Å². The van der Waals surface area contributed by atoms with Gasteiger partial charge in [0, 0.05) is 23.1 Å². The predicted octanol–water partition coefficient (Wildman–Crippen LogP) is 3.58. The molecule has 0 N–H and O–H groups in total. The Balaban J connectivity index is 1.95. The van der Waals surface area contributed by atoms with Crippen LogP contribution in [0, 0.1) is 10.1 Å². The first-order valence-electron chi connectivity index (χ1n) is 6.45. The van der Waals surface area contributed by atoms with Gasteiger partial charge in [0.15, 0.2) is 5.76 Å². The van der Waals surface area contributed by atoms with E-state index in [9.17, 15) is 14.9 Å². The van der Waals surface area contributed by atoms with Crippen molar-refractivity contribution >= 4 is 22.4 Å². The lowest BCUT2D eigenvalue weighted by Gasteiger charge is -1.97. The van der Waals surface area contributed by atoms with E-state index in [1.165, 1.54) is 24.3 Å². The molecule has 0 radical (unpaired) electrons. The monoisotopic (exact) mass is 297 g/mol. The second-order valence-electron chi connectivity index (χ2n) is 4.65. The molecule has 3 rings (SSSR count). The Morgan fingerprint density at radius 2 is 1.86 bits per heavy atom. The molecule has 0 aliphatic carbocycles. The number of carbonyl (C=O) groups excluding carboxylic acids is 1. The second kappa shape index (κ2) is 5.33. The Morgan fingerprint density at radius 3 is 2.50 bits per heavy atom. The van der Waals surface area contributed by atoms with Crippen molar-refractivity contribution in [3.63, 3.8) is 0 Å². The van der Waals surface area contributed by atoms with Crippen molar-refractivity contribution in [2.24, 2.45) is 0 Å². The van der Waals surface area contributed by atoms with Gasteiger partial charge in [-0.3, -0.25) is 14.9 Å². The van der Waals surface area contributed by atoms with Gasteiger partial charge in [0.1, 0.15) is 11.3 Å². The van der Waals surface area contributed by atoms with Crippen molar-refractivity contribution in [3.8, 4) is 5.75 Å². The number of nitrogens with zero attached hydrogens (tertiary/aromatic N) is 1. The second-order valence-corrected chi connectivity index (χ2v) is 4.65. The summed E-state index contributed by atoms with van der Waals surface area (Å²) in [6.07, 6.45) is 0. The van der Waals surface area contributed by atoms with Crippen molar-refractivity contribution in [1.29, 1.82) is 0 Å². The quantitative estimate of drug-likeness (QED) is 0.417. The Hall–Kier alpha value is -3.15. The molecule has 0 fully saturated rings. The topological polar surface area (TPSA) is 82.6 Å². The van der Waals surface area contributed by atoms with Crippen molar-refractivity contribution in [3.05, 3.63) is 70.0 Å². The zero-order valence-corrected chi connectivity index (χ0v) is 11.6. The fourth-order valence-corrected chi connectivity index (χ4v) is 2.14. The first-order valence-corrected chi connectivity index (χ1v) is 6.45. The number of hydrogen-bond donors (Lipinski definition) is 0.